The molecule has 0 amide bonds. The molecular formula is C25H28FN5OS. The number of aryl methyl sites for hydroxylation is 2. The Morgan fingerprint density at radius 2 is 1.73 bits per heavy atom. The van der Waals surface area contributed by atoms with Crippen molar-refractivity contribution in [3.8, 4) is 5.88 Å². The van der Waals surface area contributed by atoms with E-state index in [1.807, 2.05) is 19.1 Å². The second-order valence-corrected chi connectivity index (χ2v) is 9.35. The van der Waals surface area contributed by atoms with Gasteiger partial charge in [0.1, 0.15) is 5.82 Å². The second kappa shape index (κ2) is 9.11. The molecule has 1 saturated heterocycles. The van der Waals surface area contributed by atoms with Gasteiger partial charge in [-0.15, -0.1) is 5.10 Å². The fourth-order valence-corrected chi connectivity index (χ4v) is 5.65. The van der Waals surface area contributed by atoms with E-state index in [-0.39, 0.29) is 17.7 Å². The van der Waals surface area contributed by atoms with E-state index in [4.69, 9.17) is 0 Å². The summed E-state index contributed by atoms with van der Waals surface area (Å²) in [6, 6.07) is 15.4. The van der Waals surface area contributed by atoms with Gasteiger partial charge in [0.05, 0.1) is 16.6 Å². The molecule has 0 bridgehead atoms. The van der Waals surface area contributed by atoms with Crippen LogP contribution >= 0.6 is 11.3 Å². The van der Waals surface area contributed by atoms with Gasteiger partial charge in [-0.05, 0) is 29.7 Å². The first-order valence-corrected chi connectivity index (χ1v) is 12.3. The van der Waals surface area contributed by atoms with Crippen molar-refractivity contribution in [2.24, 2.45) is 0 Å². The molecule has 6 nitrogen and oxygen atoms in total. The molecule has 2 aromatic heterocycles. The van der Waals surface area contributed by atoms with Crippen LogP contribution in [0.5, 0.6) is 5.88 Å². The lowest BCUT2D eigenvalue weighted by molar-refractivity contribution is 0.210. The normalized spacial score (nSPS) is 15.9. The van der Waals surface area contributed by atoms with Gasteiger partial charge in [0.15, 0.2) is 5.82 Å². The number of fused-ring (bicyclic) bond motifs is 1. The van der Waals surface area contributed by atoms with E-state index in [0.717, 1.165) is 42.2 Å². The minimum Gasteiger partial charge on any atom is -0.492 e. The number of aromatic hydroxyl groups is 1. The number of rotatable bonds is 6. The average molecular weight is 466 g/mol. The standard InChI is InChI=1S/C25H28FN5OS/c1-3-17-9-11-18(12-10-17)22(23-24(32)31-25(33-23)27-21(4-2)28-31)30-15-13-29(14-16-30)20-8-6-5-7-19(20)26/h5-12,22,32H,3-4,13-16H2,1-2H3/t22-/m1/s1. The average Bonchev–Trinajstić information content (AvgIpc) is 3.39. The van der Waals surface area contributed by atoms with Crippen molar-refractivity contribution in [2.45, 2.75) is 32.7 Å². The minimum absolute atomic E-state index is 0.114. The maximum atomic E-state index is 14.3. The van der Waals surface area contributed by atoms with Crippen LogP contribution < -0.4 is 4.90 Å². The van der Waals surface area contributed by atoms with E-state index in [9.17, 15) is 9.50 Å². The molecule has 0 spiro atoms. The molecule has 5 rings (SSSR count). The quantitative estimate of drug-likeness (QED) is 0.448. The van der Waals surface area contributed by atoms with Gasteiger partial charge >= 0.3 is 0 Å². The van der Waals surface area contributed by atoms with Crippen LogP contribution in [0.15, 0.2) is 48.5 Å². The Balaban J connectivity index is 1.48. The number of thiazole rings is 1. The van der Waals surface area contributed by atoms with Crippen LogP contribution in [0, 0.1) is 5.82 Å². The molecule has 3 heterocycles. The van der Waals surface area contributed by atoms with E-state index in [0.29, 0.717) is 23.7 Å². The van der Waals surface area contributed by atoms with E-state index in [2.05, 4.69) is 51.1 Å². The molecule has 1 atom stereocenters. The summed E-state index contributed by atoms with van der Waals surface area (Å²) in [4.78, 5) is 10.6. The van der Waals surface area contributed by atoms with E-state index < -0.39 is 0 Å². The molecule has 0 saturated carbocycles. The third kappa shape index (κ3) is 4.09. The predicted octanol–water partition coefficient (Wildman–Crippen LogP) is 4.67. The van der Waals surface area contributed by atoms with Crippen LogP contribution in [0.3, 0.4) is 0 Å². The molecular weight excluding hydrogens is 437 g/mol. The van der Waals surface area contributed by atoms with Gasteiger partial charge in [-0.3, -0.25) is 4.90 Å². The highest BCUT2D eigenvalue weighted by molar-refractivity contribution is 7.17. The number of para-hydroxylation sites is 1. The third-order valence-electron chi connectivity index (χ3n) is 6.38. The number of piperazine rings is 1. The topological polar surface area (TPSA) is 56.9 Å². The molecule has 0 aliphatic carbocycles. The Morgan fingerprint density at radius 1 is 1.00 bits per heavy atom. The lowest BCUT2D eigenvalue weighted by Crippen LogP contribution is -2.48. The number of halogens is 1. The largest absolute Gasteiger partial charge is 0.492 e. The van der Waals surface area contributed by atoms with Crippen molar-refractivity contribution in [2.75, 3.05) is 31.1 Å². The molecule has 1 N–H and O–H groups in total. The van der Waals surface area contributed by atoms with Crippen molar-refractivity contribution in [1.82, 2.24) is 19.5 Å². The number of nitrogens with zero attached hydrogens (tertiary/aromatic N) is 5. The smallest absolute Gasteiger partial charge is 0.230 e. The van der Waals surface area contributed by atoms with Gasteiger partial charge in [0, 0.05) is 32.6 Å². The second-order valence-electron chi connectivity index (χ2n) is 8.34. The van der Waals surface area contributed by atoms with Gasteiger partial charge in [-0.2, -0.15) is 4.52 Å². The molecule has 1 fully saturated rings. The molecule has 33 heavy (non-hydrogen) atoms. The summed E-state index contributed by atoms with van der Waals surface area (Å²) < 4.78 is 15.9. The Bertz CT molecular complexity index is 1240. The van der Waals surface area contributed by atoms with Crippen LogP contribution in [0.2, 0.25) is 0 Å². The van der Waals surface area contributed by atoms with Crippen LogP contribution in [-0.4, -0.2) is 50.8 Å². The van der Waals surface area contributed by atoms with Crippen molar-refractivity contribution in [1.29, 1.82) is 0 Å². The lowest BCUT2D eigenvalue weighted by atomic mass is 10.0. The van der Waals surface area contributed by atoms with Crippen molar-refractivity contribution in [3.63, 3.8) is 0 Å². The highest BCUT2D eigenvalue weighted by Crippen LogP contribution is 2.40. The molecule has 1 aliphatic heterocycles. The number of anilines is 1. The third-order valence-corrected chi connectivity index (χ3v) is 7.46. The van der Waals surface area contributed by atoms with E-state index in [1.54, 1.807) is 10.6 Å². The highest BCUT2D eigenvalue weighted by atomic mass is 32.1. The SMILES string of the molecule is CCc1ccc([C@H](c2sc3nc(CC)nn3c2O)N2CCN(c3ccccc3F)CC2)cc1. The summed E-state index contributed by atoms with van der Waals surface area (Å²) in [5, 5.41) is 15.6. The molecule has 2 aromatic carbocycles. The van der Waals surface area contributed by atoms with Gasteiger partial charge in [0.2, 0.25) is 10.8 Å². The Labute approximate surface area is 196 Å². The molecule has 0 radical (unpaired) electrons. The van der Waals surface area contributed by atoms with E-state index >= 15 is 0 Å². The van der Waals surface area contributed by atoms with Gasteiger partial charge in [-0.25, -0.2) is 9.37 Å². The minimum atomic E-state index is -0.187. The van der Waals surface area contributed by atoms with Gasteiger partial charge < -0.3 is 10.0 Å². The highest BCUT2D eigenvalue weighted by Gasteiger charge is 2.32. The first-order valence-electron chi connectivity index (χ1n) is 11.5. The summed E-state index contributed by atoms with van der Waals surface area (Å²) in [6.07, 6.45) is 1.71. The zero-order chi connectivity index (χ0) is 22.9. The monoisotopic (exact) mass is 465 g/mol. The van der Waals surface area contributed by atoms with Crippen LogP contribution in [-0.2, 0) is 12.8 Å². The van der Waals surface area contributed by atoms with Gasteiger partial charge in [0.25, 0.3) is 0 Å². The zero-order valence-corrected chi connectivity index (χ0v) is 19.7. The maximum absolute atomic E-state index is 14.3. The number of hydrogen-bond donors (Lipinski definition) is 1. The molecule has 1 aliphatic rings. The Morgan fingerprint density at radius 3 is 2.36 bits per heavy atom. The lowest BCUT2D eigenvalue weighted by Gasteiger charge is -2.40. The summed E-state index contributed by atoms with van der Waals surface area (Å²) >= 11 is 1.49. The fourth-order valence-electron chi connectivity index (χ4n) is 4.51. The van der Waals surface area contributed by atoms with Gasteiger partial charge in [-0.1, -0.05) is 61.6 Å². The summed E-state index contributed by atoms with van der Waals surface area (Å²) in [5.41, 5.74) is 3.05. The summed E-state index contributed by atoms with van der Waals surface area (Å²) in [6.45, 7) is 7.08. The van der Waals surface area contributed by atoms with Crippen LogP contribution in [0.1, 0.15) is 41.7 Å². The molecule has 172 valence electrons. The van der Waals surface area contributed by atoms with Crippen molar-refractivity contribution in [3.05, 3.63) is 76.2 Å². The molecule has 8 heteroatoms. The Kier molecular flexibility index (Phi) is 6.03. The fraction of sp³-hybridized carbons (Fsp3) is 0.360. The van der Waals surface area contributed by atoms with Crippen LogP contribution in [0.4, 0.5) is 10.1 Å². The molecule has 0 unspecified atom stereocenters. The first kappa shape index (κ1) is 21.9. The number of benzene rings is 2. The number of hydrogen-bond acceptors (Lipinski definition) is 6. The Hall–Kier alpha value is -2.97. The maximum Gasteiger partial charge on any atom is 0.230 e. The summed E-state index contributed by atoms with van der Waals surface area (Å²) in [7, 11) is 0. The predicted molar refractivity (Wildman–Crippen MR) is 130 cm³/mol. The van der Waals surface area contributed by atoms with Crippen LogP contribution in [0.25, 0.3) is 4.96 Å². The van der Waals surface area contributed by atoms with E-state index in [1.165, 1.54) is 23.0 Å². The molecule has 4 aromatic rings. The first-order chi connectivity index (χ1) is 16.1. The van der Waals surface area contributed by atoms with Crippen molar-refractivity contribution < 1.29 is 9.50 Å². The van der Waals surface area contributed by atoms with Crippen molar-refractivity contribution >= 4 is 22.0 Å². The summed E-state index contributed by atoms with van der Waals surface area (Å²) in [5.74, 6) is 0.696. The number of aromatic nitrogens is 3. The zero-order valence-electron chi connectivity index (χ0n) is 18.9.